The Hall–Kier alpha value is -1.13. The smallest absolute Gasteiger partial charge is 0.124 e. The number of halogens is 1. The minimum atomic E-state index is -0.807. The van der Waals surface area contributed by atoms with Gasteiger partial charge in [-0.05, 0) is 44.6 Å². The standard InChI is InChI=1S/C16H26FNO2/c1-6-16(4,18(7-2)8-3)15(19)13-11-12(17)9-10-14(13)20-5/h9-11,15,19H,6-8H2,1-5H3. The Kier molecular flexibility index (Phi) is 5.96. The number of hydrogen-bond donors (Lipinski definition) is 1. The van der Waals surface area contributed by atoms with Crippen molar-refractivity contribution in [3.63, 3.8) is 0 Å². The highest BCUT2D eigenvalue weighted by atomic mass is 19.1. The molecule has 2 unspecified atom stereocenters. The number of likely N-dealkylation sites (N-methyl/N-ethyl adjacent to an activating group) is 1. The van der Waals surface area contributed by atoms with Gasteiger partial charge in [-0.15, -0.1) is 0 Å². The Morgan fingerprint density at radius 2 is 1.90 bits per heavy atom. The molecule has 0 aliphatic rings. The molecule has 0 radical (unpaired) electrons. The molecule has 0 aliphatic heterocycles. The van der Waals surface area contributed by atoms with E-state index >= 15 is 0 Å². The van der Waals surface area contributed by atoms with E-state index in [4.69, 9.17) is 4.74 Å². The van der Waals surface area contributed by atoms with E-state index in [0.717, 1.165) is 19.5 Å². The molecule has 0 saturated carbocycles. The van der Waals surface area contributed by atoms with Crippen molar-refractivity contribution in [2.24, 2.45) is 0 Å². The average molecular weight is 283 g/mol. The molecule has 3 nitrogen and oxygen atoms in total. The van der Waals surface area contributed by atoms with Gasteiger partial charge in [-0.3, -0.25) is 4.90 Å². The summed E-state index contributed by atoms with van der Waals surface area (Å²) >= 11 is 0. The first-order valence-corrected chi connectivity index (χ1v) is 7.21. The maximum absolute atomic E-state index is 13.5. The molecule has 0 spiro atoms. The van der Waals surface area contributed by atoms with Crippen LogP contribution in [-0.4, -0.2) is 35.7 Å². The Labute approximate surface area is 121 Å². The first-order chi connectivity index (χ1) is 9.44. The number of aliphatic hydroxyl groups is 1. The molecule has 1 aromatic rings. The van der Waals surface area contributed by atoms with Crippen molar-refractivity contribution >= 4 is 0 Å². The molecule has 0 aliphatic carbocycles. The van der Waals surface area contributed by atoms with E-state index in [1.807, 2.05) is 13.8 Å². The van der Waals surface area contributed by atoms with Crippen LogP contribution in [0.4, 0.5) is 4.39 Å². The summed E-state index contributed by atoms with van der Waals surface area (Å²) < 4.78 is 18.8. The van der Waals surface area contributed by atoms with Crippen molar-refractivity contribution in [3.8, 4) is 5.75 Å². The van der Waals surface area contributed by atoms with Crippen LogP contribution in [0.2, 0.25) is 0 Å². The lowest BCUT2D eigenvalue weighted by atomic mass is 9.84. The molecule has 1 N–H and O–H groups in total. The van der Waals surface area contributed by atoms with Gasteiger partial charge in [0, 0.05) is 11.1 Å². The topological polar surface area (TPSA) is 32.7 Å². The third kappa shape index (κ3) is 3.13. The summed E-state index contributed by atoms with van der Waals surface area (Å²) in [5, 5.41) is 10.8. The Morgan fingerprint density at radius 1 is 1.30 bits per heavy atom. The molecule has 0 fully saturated rings. The second kappa shape index (κ2) is 7.04. The van der Waals surface area contributed by atoms with E-state index < -0.39 is 11.6 Å². The van der Waals surface area contributed by atoms with Crippen molar-refractivity contribution in [1.29, 1.82) is 0 Å². The van der Waals surface area contributed by atoms with Gasteiger partial charge in [-0.25, -0.2) is 4.39 Å². The summed E-state index contributed by atoms with van der Waals surface area (Å²) in [5.41, 5.74) is 0.0497. The van der Waals surface area contributed by atoms with E-state index in [9.17, 15) is 9.50 Å². The van der Waals surface area contributed by atoms with Crippen molar-refractivity contribution in [1.82, 2.24) is 4.90 Å². The van der Waals surface area contributed by atoms with Gasteiger partial charge < -0.3 is 9.84 Å². The minimum Gasteiger partial charge on any atom is -0.496 e. The summed E-state index contributed by atoms with van der Waals surface area (Å²) in [6.07, 6.45) is -0.0479. The molecule has 20 heavy (non-hydrogen) atoms. The minimum absolute atomic E-state index is 0.363. The van der Waals surface area contributed by atoms with Crippen molar-refractivity contribution < 1.29 is 14.2 Å². The number of ether oxygens (including phenoxy) is 1. The van der Waals surface area contributed by atoms with E-state index in [1.165, 1.54) is 19.2 Å². The highest BCUT2D eigenvalue weighted by Gasteiger charge is 2.38. The lowest BCUT2D eigenvalue weighted by molar-refractivity contribution is -0.0225. The normalized spacial score (nSPS) is 16.0. The van der Waals surface area contributed by atoms with Crippen LogP contribution in [0.25, 0.3) is 0 Å². The summed E-state index contributed by atoms with van der Waals surface area (Å²) in [6, 6.07) is 4.27. The van der Waals surface area contributed by atoms with Crippen LogP contribution in [0.1, 0.15) is 45.8 Å². The molecule has 0 aromatic heterocycles. The molecule has 114 valence electrons. The van der Waals surface area contributed by atoms with Gasteiger partial charge in [-0.1, -0.05) is 20.8 Å². The number of aliphatic hydroxyl groups excluding tert-OH is 1. The van der Waals surface area contributed by atoms with Crippen LogP contribution >= 0.6 is 0 Å². The first-order valence-electron chi connectivity index (χ1n) is 7.21. The number of rotatable bonds is 7. The quantitative estimate of drug-likeness (QED) is 0.832. The van der Waals surface area contributed by atoms with Gasteiger partial charge in [0.1, 0.15) is 17.7 Å². The highest BCUT2D eigenvalue weighted by molar-refractivity contribution is 5.37. The largest absolute Gasteiger partial charge is 0.496 e. The maximum atomic E-state index is 13.5. The molecule has 0 amide bonds. The van der Waals surface area contributed by atoms with Crippen molar-refractivity contribution in [2.45, 2.75) is 45.8 Å². The molecule has 1 rings (SSSR count). The number of benzene rings is 1. The van der Waals surface area contributed by atoms with Crippen molar-refractivity contribution in [2.75, 3.05) is 20.2 Å². The molecule has 0 bridgehead atoms. The number of nitrogens with zero attached hydrogens (tertiary/aromatic N) is 1. The monoisotopic (exact) mass is 283 g/mol. The van der Waals surface area contributed by atoms with Crippen LogP contribution in [0.15, 0.2) is 18.2 Å². The van der Waals surface area contributed by atoms with Gasteiger partial charge in [0.2, 0.25) is 0 Å². The molecular weight excluding hydrogens is 257 g/mol. The van der Waals surface area contributed by atoms with E-state index in [0.29, 0.717) is 11.3 Å². The van der Waals surface area contributed by atoms with Crippen LogP contribution in [0, 0.1) is 5.82 Å². The maximum Gasteiger partial charge on any atom is 0.124 e. The molecule has 4 heteroatoms. The third-order valence-corrected chi connectivity index (χ3v) is 4.28. The molecule has 0 heterocycles. The van der Waals surface area contributed by atoms with Gasteiger partial charge in [0.15, 0.2) is 0 Å². The zero-order valence-corrected chi connectivity index (χ0v) is 13.1. The Bertz CT molecular complexity index is 434. The van der Waals surface area contributed by atoms with E-state index in [-0.39, 0.29) is 5.82 Å². The van der Waals surface area contributed by atoms with Gasteiger partial charge in [-0.2, -0.15) is 0 Å². The second-order valence-electron chi connectivity index (χ2n) is 5.17. The fourth-order valence-electron chi connectivity index (χ4n) is 2.79. The van der Waals surface area contributed by atoms with Crippen LogP contribution < -0.4 is 4.74 Å². The highest BCUT2D eigenvalue weighted by Crippen LogP contribution is 2.38. The van der Waals surface area contributed by atoms with Crippen molar-refractivity contribution in [3.05, 3.63) is 29.6 Å². The fourth-order valence-corrected chi connectivity index (χ4v) is 2.79. The molecule has 1 aromatic carbocycles. The number of hydrogen-bond acceptors (Lipinski definition) is 3. The summed E-state index contributed by atoms with van der Waals surface area (Å²) in [6.45, 7) is 9.83. The zero-order chi connectivity index (χ0) is 15.3. The van der Waals surface area contributed by atoms with Crippen LogP contribution in [0.3, 0.4) is 0 Å². The first kappa shape index (κ1) is 16.9. The molecule has 0 saturated heterocycles. The van der Waals surface area contributed by atoms with Crippen LogP contribution in [0.5, 0.6) is 5.75 Å². The Balaban J connectivity index is 3.26. The third-order valence-electron chi connectivity index (χ3n) is 4.28. The lowest BCUT2D eigenvalue weighted by Crippen LogP contribution is -2.50. The fraction of sp³-hybridized carbons (Fsp3) is 0.625. The van der Waals surface area contributed by atoms with Gasteiger partial charge in [0.05, 0.1) is 7.11 Å². The summed E-state index contributed by atoms with van der Waals surface area (Å²) in [7, 11) is 1.53. The number of methoxy groups -OCH3 is 1. The summed E-state index contributed by atoms with van der Waals surface area (Å²) in [5.74, 6) is 0.156. The second-order valence-corrected chi connectivity index (χ2v) is 5.17. The molecular formula is C16H26FNO2. The van der Waals surface area contributed by atoms with Gasteiger partial charge in [0.25, 0.3) is 0 Å². The SMILES string of the molecule is CCN(CC)C(C)(CC)C(O)c1cc(F)ccc1OC. The summed E-state index contributed by atoms with van der Waals surface area (Å²) in [4.78, 5) is 2.20. The van der Waals surface area contributed by atoms with E-state index in [1.54, 1.807) is 6.07 Å². The average Bonchev–Trinajstić information content (AvgIpc) is 2.47. The van der Waals surface area contributed by atoms with Gasteiger partial charge >= 0.3 is 0 Å². The molecule has 2 atom stereocenters. The predicted octanol–water partition coefficient (Wildman–Crippen LogP) is 3.38. The predicted molar refractivity (Wildman–Crippen MR) is 79.5 cm³/mol. The van der Waals surface area contributed by atoms with E-state index in [2.05, 4.69) is 18.7 Å². The zero-order valence-electron chi connectivity index (χ0n) is 13.1. The Morgan fingerprint density at radius 3 is 2.35 bits per heavy atom. The lowest BCUT2D eigenvalue weighted by Gasteiger charge is -2.43. The van der Waals surface area contributed by atoms with Crippen LogP contribution in [-0.2, 0) is 0 Å².